The van der Waals surface area contributed by atoms with E-state index in [-0.39, 0.29) is 17.4 Å². The van der Waals surface area contributed by atoms with Gasteiger partial charge < -0.3 is 19.7 Å². The average molecular weight is 346 g/mol. The average Bonchev–Trinajstić information content (AvgIpc) is 3.18. The number of ether oxygens (including phenoxy) is 2. The van der Waals surface area contributed by atoms with E-state index in [1.165, 1.54) is 0 Å². The number of anilines is 1. The Morgan fingerprint density at radius 1 is 1.20 bits per heavy atom. The van der Waals surface area contributed by atoms with E-state index in [1.54, 1.807) is 12.4 Å². The summed E-state index contributed by atoms with van der Waals surface area (Å²) >= 11 is 0. The SMILES string of the molecule is O=C([C@H]1CCOC1)N1CCC2(CC1)C[C@H](Nc1ncccn1)CCO2. The standard InChI is InChI=1S/C18H26N4O3/c23-16(14-2-10-24-13-14)22-8-4-18(5-9-22)12-15(3-11-25-18)21-17-19-6-1-7-20-17/h1,6-7,14-15H,2-5,8-13H2,(H,19,20,21)/t14-,15+/m0/s1. The van der Waals surface area contributed by atoms with E-state index < -0.39 is 0 Å². The molecule has 3 saturated heterocycles. The maximum Gasteiger partial charge on any atom is 0.228 e. The molecule has 0 bridgehead atoms. The molecule has 1 N–H and O–H groups in total. The number of likely N-dealkylation sites (tertiary alicyclic amines) is 1. The van der Waals surface area contributed by atoms with Gasteiger partial charge in [0.05, 0.1) is 18.1 Å². The monoisotopic (exact) mass is 346 g/mol. The van der Waals surface area contributed by atoms with E-state index in [9.17, 15) is 4.79 Å². The van der Waals surface area contributed by atoms with Crippen LogP contribution in [0.5, 0.6) is 0 Å². The van der Waals surface area contributed by atoms with Crippen molar-refractivity contribution in [3.8, 4) is 0 Å². The second-order valence-corrected chi connectivity index (χ2v) is 7.32. The Kier molecular flexibility index (Phi) is 4.85. The fraction of sp³-hybridized carbons (Fsp3) is 0.722. The van der Waals surface area contributed by atoms with Crippen LogP contribution in [-0.2, 0) is 14.3 Å². The number of aromatic nitrogens is 2. The molecule has 4 heterocycles. The summed E-state index contributed by atoms with van der Waals surface area (Å²) in [7, 11) is 0. The van der Waals surface area contributed by atoms with Crippen LogP contribution in [0, 0.1) is 5.92 Å². The van der Waals surface area contributed by atoms with Gasteiger partial charge in [-0.25, -0.2) is 9.97 Å². The smallest absolute Gasteiger partial charge is 0.228 e. The number of amides is 1. The Balaban J connectivity index is 1.33. The molecule has 0 saturated carbocycles. The Bertz CT molecular complexity index is 583. The van der Waals surface area contributed by atoms with Gasteiger partial charge in [0.2, 0.25) is 11.9 Å². The maximum absolute atomic E-state index is 12.6. The molecule has 1 spiro atoms. The van der Waals surface area contributed by atoms with Gasteiger partial charge in [0.15, 0.2) is 0 Å². The minimum atomic E-state index is -0.117. The minimum absolute atomic E-state index is 0.0611. The first kappa shape index (κ1) is 16.7. The summed E-state index contributed by atoms with van der Waals surface area (Å²) < 4.78 is 11.5. The third kappa shape index (κ3) is 3.77. The second-order valence-electron chi connectivity index (χ2n) is 7.32. The van der Waals surface area contributed by atoms with Crippen molar-refractivity contribution >= 4 is 11.9 Å². The first-order valence-corrected chi connectivity index (χ1v) is 9.28. The highest BCUT2D eigenvalue weighted by molar-refractivity contribution is 5.79. The van der Waals surface area contributed by atoms with E-state index in [0.717, 1.165) is 51.8 Å². The van der Waals surface area contributed by atoms with E-state index in [2.05, 4.69) is 15.3 Å². The van der Waals surface area contributed by atoms with E-state index in [4.69, 9.17) is 9.47 Å². The molecule has 2 atom stereocenters. The van der Waals surface area contributed by atoms with Gasteiger partial charge in [-0.05, 0) is 38.2 Å². The Hall–Kier alpha value is -1.73. The van der Waals surface area contributed by atoms with E-state index >= 15 is 0 Å². The van der Waals surface area contributed by atoms with Gasteiger partial charge in [0.25, 0.3) is 0 Å². The molecule has 1 amide bonds. The van der Waals surface area contributed by atoms with Crippen molar-refractivity contribution in [1.82, 2.24) is 14.9 Å². The van der Waals surface area contributed by atoms with Gasteiger partial charge in [0.1, 0.15) is 0 Å². The number of carbonyl (C=O) groups is 1. The molecule has 7 heteroatoms. The van der Waals surface area contributed by atoms with Crippen molar-refractivity contribution in [3.05, 3.63) is 18.5 Å². The molecule has 25 heavy (non-hydrogen) atoms. The first-order chi connectivity index (χ1) is 12.2. The van der Waals surface area contributed by atoms with Crippen molar-refractivity contribution in [2.75, 3.05) is 38.2 Å². The molecule has 3 aliphatic heterocycles. The Morgan fingerprint density at radius 3 is 2.72 bits per heavy atom. The zero-order chi connectivity index (χ0) is 17.1. The molecule has 3 fully saturated rings. The zero-order valence-electron chi connectivity index (χ0n) is 14.5. The van der Waals surface area contributed by atoms with Crippen LogP contribution in [0.15, 0.2) is 18.5 Å². The van der Waals surface area contributed by atoms with Crippen LogP contribution in [0.1, 0.15) is 32.1 Å². The van der Waals surface area contributed by atoms with Crippen LogP contribution in [0.25, 0.3) is 0 Å². The lowest BCUT2D eigenvalue weighted by molar-refractivity contribution is -0.147. The fourth-order valence-electron chi connectivity index (χ4n) is 4.18. The topological polar surface area (TPSA) is 76.6 Å². The van der Waals surface area contributed by atoms with Crippen molar-refractivity contribution in [1.29, 1.82) is 0 Å². The Morgan fingerprint density at radius 2 is 2.00 bits per heavy atom. The number of hydrogen-bond donors (Lipinski definition) is 1. The largest absolute Gasteiger partial charge is 0.381 e. The predicted octanol–water partition coefficient (Wildman–Crippen LogP) is 1.47. The quantitative estimate of drug-likeness (QED) is 0.893. The van der Waals surface area contributed by atoms with Gasteiger partial charge in [-0.2, -0.15) is 0 Å². The first-order valence-electron chi connectivity index (χ1n) is 9.28. The molecule has 0 aromatic carbocycles. The minimum Gasteiger partial charge on any atom is -0.381 e. The molecule has 0 aliphatic carbocycles. The third-order valence-corrected chi connectivity index (χ3v) is 5.66. The van der Waals surface area contributed by atoms with E-state index in [1.807, 2.05) is 11.0 Å². The lowest BCUT2D eigenvalue weighted by Crippen LogP contribution is -2.53. The van der Waals surface area contributed by atoms with Crippen LogP contribution in [0.3, 0.4) is 0 Å². The molecule has 1 aromatic heterocycles. The van der Waals surface area contributed by atoms with Crippen molar-refractivity contribution in [3.63, 3.8) is 0 Å². The summed E-state index contributed by atoms with van der Waals surface area (Å²) in [5.41, 5.74) is -0.117. The molecule has 136 valence electrons. The van der Waals surface area contributed by atoms with Crippen LogP contribution in [0.2, 0.25) is 0 Å². The summed E-state index contributed by atoms with van der Waals surface area (Å²) in [6.07, 6.45) is 8.07. The third-order valence-electron chi connectivity index (χ3n) is 5.66. The number of piperidine rings is 1. The molecule has 0 unspecified atom stereocenters. The van der Waals surface area contributed by atoms with Gasteiger partial charge in [0, 0.05) is 44.7 Å². The van der Waals surface area contributed by atoms with Crippen molar-refractivity contribution < 1.29 is 14.3 Å². The highest BCUT2D eigenvalue weighted by Gasteiger charge is 2.42. The number of nitrogens with zero attached hydrogens (tertiary/aromatic N) is 3. The molecule has 1 aromatic rings. The highest BCUT2D eigenvalue weighted by Crippen LogP contribution is 2.36. The van der Waals surface area contributed by atoms with E-state index in [0.29, 0.717) is 25.2 Å². The lowest BCUT2D eigenvalue weighted by Gasteiger charge is -2.46. The molecular formula is C18H26N4O3. The van der Waals surface area contributed by atoms with Crippen molar-refractivity contribution in [2.24, 2.45) is 5.92 Å². The molecule has 4 rings (SSSR count). The van der Waals surface area contributed by atoms with Gasteiger partial charge in [-0.15, -0.1) is 0 Å². The summed E-state index contributed by atoms with van der Waals surface area (Å²) in [5, 5.41) is 3.43. The Labute approximate surface area is 148 Å². The summed E-state index contributed by atoms with van der Waals surface area (Å²) in [4.78, 5) is 23.1. The zero-order valence-corrected chi connectivity index (χ0v) is 14.5. The lowest BCUT2D eigenvalue weighted by atomic mass is 9.82. The van der Waals surface area contributed by atoms with Crippen molar-refractivity contribution in [2.45, 2.75) is 43.7 Å². The van der Waals surface area contributed by atoms with Crippen LogP contribution in [-0.4, -0.2) is 65.3 Å². The number of nitrogens with one attached hydrogen (secondary N) is 1. The highest BCUT2D eigenvalue weighted by atomic mass is 16.5. The molecule has 3 aliphatic rings. The molecule has 7 nitrogen and oxygen atoms in total. The van der Waals surface area contributed by atoms with Gasteiger partial charge in [-0.3, -0.25) is 4.79 Å². The maximum atomic E-state index is 12.6. The number of rotatable bonds is 3. The number of carbonyl (C=O) groups excluding carboxylic acids is 1. The molecule has 0 radical (unpaired) electrons. The van der Waals surface area contributed by atoms with Gasteiger partial charge >= 0.3 is 0 Å². The van der Waals surface area contributed by atoms with Gasteiger partial charge in [-0.1, -0.05) is 0 Å². The summed E-state index contributed by atoms with van der Waals surface area (Å²) in [6, 6.07) is 2.14. The normalized spacial score (nSPS) is 28.9. The van der Waals surface area contributed by atoms with Crippen LogP contribution in [0.4, 0.5) is 5.95 Å². The summed E-state index contributed by atoms with van der Waals surface area (Å²) in [5.74, 6) is 1.000. The van der Waals surface area contributed by atoms with Crippen LogP contribution >= 0.6 is 0 Å². The fourth-order valence-corrected chi connectivity index (χ4v) is 4.18. The number of hydrogen-bond acceptors (Lipinski definition) is 6. The predicted molar refractivity (Wildman–Crippen MR) is 92.1 cm³/mol. The second kappa shape index (κ2) is 7.25. The van der Waals surface area contributed by atoms with Crippen LogP contribution < -0.4 is 5.32 Å². The molecular weight excluding hydrogens is 320 g/mol. The summed E-state index contributed by atoms with van der Waals surface area (Å²) in [6.45, 7) is 3.61.